The number of ketones is 1. The van der Waals surface area contributed by atoms with Gasteiger partial charge in [0.2, 0.25) is 5.91 Å². The van der Waals surface area contributed by atoms with Crippen LogP contribution in [0.2, 0.25) is 0 Å². The number of Topliss-reactive ketones (excluding diaryl/α,β-unsaturated/α-hetero) is 1. The van der Waals surface area contributed by atoms with Crippen molar-refractivity contribution in [3.05, 3.63) is 40.2 Å². The molecule has 124 valence electrons. The van der Waals surface area contributed by atoms with Crippen LogP contribution in [0.4, 0.5) is 8.78 Å². The molecule has 1 aromatic carbocycles. The lowest BCUT2D eigenvalue weighted by molar-refractivity contribution is -0.120. The molecule has 1 N–H and O–H groups in total. The van der Waals surface area contributed by atoms with E-state index in [-0.39, 0.29) is 35.1 Å². The van der Waals surface area contributed by atoms with Gasteiger partial charge in [-0.25, -0.2) is 13.8 Å². The summed E-state index contributed by atoms with van der Waals surface area (Å²) in [7, 11) is 0. The van der Waals surface area contributed by atoms with Crippen molar-refractivity contribution in [1.29, 1.82) is 5.26 Å². The predicted octanol–water partition coefficient (Wildman–Crippen LogP) is 2.79. The zero-order chi connectivity index (χ0) is 17.7. The first-order chi connectivity index (χ1) is 11.4. The largest absolute Gasteiger partial charge is 0.356 e. The molecular formula is C16H13F2N3O2S. The molecule has 0 fully saturated rings. The van der Waals surface area contributed by atoms with Crippen LogP contribution in [0.3, 0.4) is 0 Å². The second-order valence-electron chi connectivity index (χ2n) is 4.93. The molecule has 24 heavy (non-hydrogen) atoms. The third-order valence-electron chi connectivity index (χ3n) is 3.18. The number of nitrogens with one attached hydrogen (secondary N) is 1. The van der Waals surface area contributed by atoms with E-state index in [0.717, 1.165) is 23.5 Å². The van der Waals surface area contributed by atoms with Gasteiger partial charge in [-0.1, -0.05) is 6.07 Å². The Morgan fingerprint density at radius 1 is 1.38 bits per heavy atom. The monoisotopic (exact) mass is 349 g/mol. The van der Waals surface area contributed by atoms with Crippen LogP contribution in [0.5, 0.6) is 0 Å². The molecule has 1 atom stereocenters. The normalized spacial score (nSPS) is 11.6. The highest BCUT2D eigenvalue weighted by Gasteiger charge is 2.24. The molecule has 0 saturated carbocycles. The van der Waals surface area contributed by atoms with E-state index in [1.54, 1.807) is 0 Å². The minimum Gasteiger partial charge on any atom is -0.356 e. The van der Waals surface area contributed by atoms with Gasteiger partial charge in [-0.2, -0.15) is 5.26 Å². The molecule has 2 aromatic rings. The molecule has 0 unspecified atom stereocenters. The van der Waals surface area contributed by atoms with E-state index in [2.05, 4.69) is 10.3 Å². The summed E-state index contributed by atoms with van der Waals surface area (Å²) in [6.07, 6.45) is -0.0270. The fraction of sp³-hybridized carbons (Fsp3) is 0.250. The number of hydrogen-bond acceptors (Lipinski definition) is 5. The minimum absolute atomic E-state index is 0.0270. The smallest absolute Gasteiger partial charge is 0.216 e. The number of rotatable bonds is 6. The lowest BCUT2D eigenvalue weighted by Gasteiger charge is -2.05. The molecule has 0 aliphatic carbocycles. The first-order valence-electron chi connectivity index (χ1n) is 7.00. The maximum Gasteiger partial charge on any atom is 0.216 e. The van der Waals surface area contributed by atoms with Gasteiger partial charge in [-0.15, -0.1) is 11.3 Å². The van der Waals surface area contributed by atoms with Crippen LogP contribution in [-0.4, -0.2) is 23.2 Å². The first kappa shape index (κ1) is 17.7. The van der Waals surface area contributed by atoms with Crippen LogP contribution >= 0.6 is 11.3 Å². The molecule has 1 amide bonds. The molecule has 0 aliphatic rings. The summed E-state index contributed by atoms with van der Waals surface area (Å²) in [4.78, 5) is 26.9. The summed E-state index contributed by atoms with van der Waals surface area (Å²) in [6.45, 7) is 1.44. The van der Waals surface area contributed by atoms with Crippen LogP contribution in [0.25, 0.3) is 11.3 Å². The van der Waals surface area contributed by atoms with E-state index in [0.29, 0.717) is 0 Å². The average molecular weight is 349 g/mol. The maximum absolute atomic E-state index is 13.8. The topological polar surface area (TPSA) is 82.9 Å². The van der Waals surface area contributed by atoms with Gasteiger partial charge in [0.1, 0.15) is 16.6 Å². The van der Waals surface area contributed by atoms with Gasteiger partial charge in [0.15, 0.2) is 11.7 Å². The molecule has 0 aliphatic heterocycles. The molecule has 0 saturated heterocycles. The maximum atomic E-state index is 13.8. The second-order valence-corrected chi connectivity index (χ2v) is 5.82. The van der Waals surface area contributed by atoms with E-state index in [1.807, 2.05) is 6.07 Å². The number of thiazole rings is 1. The zero-order valence-corrected chi connectivity index (χ0v) is 13.5. The number of carbonyl (C=O) groups excluding carboxylic acids is 2. The van der Waals surface area contributed by atoms with Crippen molar-refractivity contribution in [1.82, 2.24) is 10.3 Å². The Kier molecular flexibility index (Phi) is 5.71. The zero-order valence-electron chi connectivity index (χ0n) is 12.7. The molecule has 0 bridgehead atoms. The fourth-order valence-corrected chi connectivity index (χ4v) is 2.92. The average Bonchev–Trinajstić information content (AvgIpc) is 2.96. The lowest BCUT2D eigenvalue weighted by atomic mass is 10.0. The van der Waals surface area contributed by atoms with Crippen molar-refractivity contribution in [2.75, 3.05) is 6.54 Å². The molecule has 0 radical (unpaired) electrons. The quantitative estimate of drug-likeness (QED) is 0.869. The Morgan fingerprint density at radius 2 is 2.04 bits per heavy atom. The van der Waals surface area contributed by atoms with Gasteiger partial charge < -0.3 is 5.32 Å². The summed E-state index contributed by atoms with van der Waals surface area (Å²) in [6, 6.07) is 5.31. The number of aromatic nitrogens is 1. The summed E-state index contributed by atoms with van der Waals surface area (Å²) in [5.41, 5.74) is -0.247. The predicted molar refractivity (Wildman–Crippen MR) is 84.1 cm³/mol. The van der Waals surface area contributed by atoms with E-state index in [4.69, 9.17) is 0 Å². The highest BCUT2D eigenvalue weighted by Crippen LogP contribution is 2.30. The molecule has 1 aromatic heterocycles. The number of carbonyl (C=O) groups is 2. The second kappa shape index (κ2) is 7.75. The van der Waals surface area contributed by atoms with Crippen molar-refractivity contribution >= 4 is 23.0 Å². The molecule has 0 spiro atoms. The van der Waals surface area contributed by atoms with Crippen LogP contribution < -0.4 is 5.32 Å². The van der Waals surface area contributed by atoms with Crippen molar-refractivity contribution < 1.29 is 18.4 Å². The Bertz CT molecular complexity index is 794. The Hall–Kier alpha value is -2.66. The Balaban J connectivity index is 2.20. The minimum atomic E-state index is -1.13. The van der Waals surface area contributed by atoms with Gasteiger partial charge in [0, 0.05) is 25.3 Å². The highest BCUT2D eigenvalue weighted by atomic mass is 32.1. The molecule has 5 nitrogen and oxygen atoms in total. The van der Waals surface area contributed by atoms with Gasteiger partial charge in [-0.05, 0) is 12.1 Å². The summed E-state index contributed by atoms with van der Waals surface area (Å²) in [5.74, 6) is -3.36. The SMILES string of the molecule is CC(=O)NCCC(=O)[C@H](C#N)c1nc(-c2c(F)cccc2F)cs1. The van der Waals surface area contributed by atoms with Crippen LogP contribution in [0.1, 0.15) is 24.3 Å². The van der Waals surface area contributed by atoms with E-state index < -0.39 is 23.3 Å². The van der Waals surface area contributed by atoms with Crippen molar-refractivity contribution in [3.63, 3.8) is 0 Å². The first-order valence-corrected chi connectivity index (χ1v) is 7.88. The van der Waals surface area contributed by atoms with Crippen LogP contribution in [0.15, 0.2) is 23.6 Å². The van der Waals surface area contributed by atoms with Gasteiger partial charge >= 0.3 is 0 Å². The van der Waals surface area contributed by atoms with Crippen molar-refractivity contribution in [2.24, 2.45) is 0 Å². The number of amides is 1. The number of nitriles is 1. The highest BCUT2D eigenvalue weighted by molar-refractivity contribution is 7.10. The summed E-state index contributed by atoms with van der Waals surface area (Å²) in [5, 5.41) is 13.2. The number of nitrogens with zero attached hydrogens (tertiary/aromatic N) is 2. The van der Waals surface area contributed by atoms with Gasteiger partial charge in [0.05, 0.1) is 17.3 Å². The Labute approximate surface area is 140 Å². The third-order valence-corrected chi connectivity index (χ3v) is 4.09. The van der Waals surface area contributed by atoms with E-state index >= 15 is 0 Å². The van der Waals surface area contributed by atoms with Crippen molar-refractivity contribution in [3.8, 4) is 17.3 Å². The number of halogens is 2. The van der Waals surface area contributed by atoms with Crippen LogP contribution in [-0.2, 0) is 9.59 Å². The summed E-state index contributed by atoms with van der Waals surface area (Å²) >= 11 is 0.987. The Morgan fingerprint density at radius 3 is 2.62 bits per heavy atom. The van der Waals surface area contributed by atoms with Gasteiger partial charge in [0.25, 0.3) is 0 Å². The summed E-state index contributed by atoms with van der Waals surface area (Å²) < 4.78 is 27.6. The van der Waals surface area contributed by atoms with E-state index in [9.17, 15) is 23.6 Å². The lowest BCUT2D eigenvalue weighted by Crippen LogP contribution is -2.24. The molecular weight excluding hydrogens is 336 g/mol. The molecule has 1 heterocycles. The molecule has 8 heteroatoms. The van der Waals surface area contributed by atoms with Crippen molar-refractivity contribution in [2.45, 2.75) is 19.3 Å². The van der Waals surface area contributed by atoms with Crippen LogP contribution in [0, 0.1) is 23.0 Å². The third kappa shape index (κ3) is 4.00. The standard InChI is InChI=1S/C16H13F2N3O2S/c1-9(22)20-6-5-14(23)10(7-19)16-21-13(8-24-16)15-11(17)3-2-4-12(15)18/h2-4,8,10H,5-6H2,1H3,(H,20,22)/t10-/m0/s1. The molecule has 2 rings (SSSR count). The number of hydrogen-bond donors (Lipinski definition) is 1. The number of benzene rings is 1. The van der Waals surface area contributed by atoms with E-state index in [1.165, 1.54) is 18.4 Å². The van der Waals surface area contributed by atoms with Gasteiger partial charge in [-0.3, -0.25) is 9.59 Å². The fourth-order valence-electron chi connectivity index (χ4n) is 2.05.